The minimum atomic E-state index is -4.46. The highest BCUT2D eigenvalue weighted by Crippen LogP contribution is 2.36. The third kappa shape index (κ3) is 2.85. The molecule has 6 heteroatoms. The molecule has 0 saturated carbocycles. The standard InChI is InChI=1S/C12H17F3N2O/c1-7(2)10-11(12(13,14)15)18-9(17-10)6-8-4-3-5-16-8/h7-8,16H,3-6H2,1-2H3. The number of nitrogens with zero attached hydrogens (tertiary/aromatic N) is 1. The number of aromatic nitrogens is 1. The van der Waals surface area contributed by atoms with Crippen LogP contribution in [0.1, 0.15) is 50.0 Å². The number of hydrogen-bond donors (Lipinski definition) is 1. The van der Waals surface area contributed by atoms with Gasteiger partial charge in [0, 0.05) is 12.5 Å². The molecule has 3 nitrogen and oxygen atoms in total. The molecule has 0 radical (unpaired) electrons. The predicted octanol–water partition coefficient (Wildman–Crippen LogP) is 3.11. The number of hydrogen-bond acceptors (Lipinski definition) is 3. The molecule has 0 amide bonds. The summed E-state index contributed by atoms with van der Waals surface area (Å²) in [6.45, 7) is 4.28. The van der Waals surface area contributed by atoms with Crippen LogP contribution in [-0.4, -0.2) is 17.6 Å². The lowest BCUT2D eigenvalue weighted by atomic mass is 10.1. The first-order chi connectivity index (χ1) is 8.38. The Morgan fingerprint density at radius 1 is 1.44 bits per heavy atom. The molecule has 2 rings (SSSR count). The SMILES string of the molecule is CC(C)c1nc(CC2CCCN2)oc1C(F)(F)F. The molecule has 1 atom stereocenters. The molecule has 1 aliphatic rings. The van der Waals surface area contributed by atoms with E-state index in [1.165, 1.54) is 0 Å². The van der Waals surface area contributed by atoms with Crippen molar-refractivity contribution < 1.29 is 17.6 Å². The molecular formula is C12H17F3N2O. The van der Waals surface area contributed by atoms with E-state index in [1.807, 2.05) is 0 Å². The van der Waals surface area contributed by atoms with Gasteiger partial charge in [0.05, 0.1) is 5.69 Å². The van der Waals surface area contributed by atoms with Crippen LogP contribution in [-0.2, 0) is 12.6 Å². The smallest absolute Gasteiger partial charge is 0.436 e. The van der Waals surface area contributed by atoms with E-state index in [1.54, 1.807) is 13.8 Å². The first-order valence-electron chi connectivity index (χ1n) is 6.18. The molecule has 102 valence electrons. The molecule has 1 fully saturated rings. The first-order valence-corrected chi connectivity index (χ1v) is 6.18. The summed E-state index contributed by atoms with van der Waals surface area (Å²) in [5.74, 6) is -1.05. The summed E-state index contributed by atoms with van der Waals surface area (Å²) >= 11 is 0. The van der Waals surface area contributed by atoms with Gasteiger partial charge in [-0.05, 0) is 25.3 Å². The van der Waals surface area contributed by atoms with Gasteiger partial charge in [0.2, 0.25) is 5.76 Å². The monoisotopic (exact) mass is 262 g/mol. The highest BCUT2D eigenvalue weighted by Gasteiger charge is 2.40. The Hall–Kier alpha value is -1.04. The summed E-state index contributed by atoms with van der Waals surface area (Å²) in [6.07, 6.45) is -2.03. The van der Waals surface area contributed by atoms with E-state index in [9.17, 15) is 13.2 Å². The summed E-state index contributed by atoms with van der Waals surface area (Å²) < 4.78 is 43.3. The summed E-state index contributed by atoms with van der Waals surface area (Å²) in [7, 11) is 0. The highest BCUT2D eigenvalue weighted by atomic mass is 19.4. The molecule has 1 aromatic heterocycles. The fourth-order valence-corrected chi connectivity index (χ4v) is 2.20. The molecule has 1 aromatic rings. The highest BCUT2D eigenvalue weighted by molar-refractivity contribution is 5.17. The number of oxazole rings is 1. The summed E-state index contributed by atoms with van der Waals surface area (Å²) in [5, 5.41) is 3.22. The van der Waals surface area contributed by atoms with Gasteiger partial charge in [0.15, 0.2) is 5.89 Å². The van der Waals surface area contributed by atoms with E-state index in [-0.39, 0.29) is 23.5 Å². The number of alkyl halides is 3. The third-order valence-corrected chi connectivity index (χ3v) is 3.09. The molecule has 18 heavy (non-hydrogen) atoms. The maximum absolute atomic E-state index is 12.8. The second kappa shape index (κ2) is 4.91. The quantitative estimate of drug-likeness (QED) is 0.909. The van der Waals surface area contributed by atoms with Crippen molar-refractivity contribution in [3.05, 3.63) is 17.3 Å². The van der Waals surface area contributed by atoms with Crippen LogP contribution in [0.25, 0.3) is 0 Å². The fraction of sp³-hybridized carbons (Fsp3) is 0.750. The largest absolute Gasteiger partial charge is 0.451 e. The van der Waals surface area contributed by atoms with Crippen LogP contribution in [0.15, 0.2) is 4.42 Å². The zero-order valence-corrected chi connectivity index (χ0v) is 10.5. The lowest BCUT2D eigenvalue weighted by Gasteiger charge is -2.06. The van der Waals surface area contributed by atoms with Crippen LogP contribution in [0.3, 0.4) is 0 Å². The zero-order valence-electron chi connectivity index (χ0n) is 10.5. The average molecular weight is 262 g/mol. The molecule has 0 aliphatic carbocycles. The maximum atomic E-state index is 12.8. The van der Waals surface area contributed by atoms with Crippen LogP contribution < -0.4 is 5.32 Å². The van der Waals surface area contributed by atoms with Crippen LogP contribution in [0.5, 0.6) is 0 Å². The number of rotatable bonds is 3. The predicted molar refractivity (Wildman–Crippen MR) is 60.3 cm³/mol. The Morgan fingerprint density at radius 2 is 2.17 bits per heavy atom. The van der Waals surface area contributed by atoms with Gasteiger partial charge in [0.25, 0.3) is 0 Å². The minimum absolute atomic E-state index is 0.00972. The minimum Gasteiger partial charge on any atom is -0.436 e. The van der Waals surface area contributed by atoms with Crippen molar-refractivity contribution in [1.82, 2.24) is 10.3 Å². The Kier molecular flexibility index (Phi) is 3.66. The van der Waals surface area contributed by atoms with Gasteiger partial charge in [-0.3, -0.25) is 0 Å². The number of halogens is 3. The van der Waals surface area contributed by atoms with E-state index in [4.69, 9.17) is 4.42 Å². The van der Waals surface area contributed by atoms with Gasteiger partial charge in [-0.1, -0.05) is 13.8 Å². The van der Waals surface area contributed by atoms with Crippen molar-refractivity contribution in [2.75, 3.05) is 6.54 Å². The molecule has 0 aromatic carbocycles. The molecule has 1 unspecified atom stereocenters. The third-order valence-electron chi connectivity index (χ3n) is 3.09. The summed E-state index contributed by atoms with van der Waals surface area (Å²) in [5.41, 5.74) is 0.00972. The Balaban J connectivity index is 2.21. The average Bonchev–Trinajstić information content (AvgIpc) is 2.85. The molecular weight excluding hydrogens is 245 g/mol. The van der Waals surface area contributed by atoms with Crippen LogP contribution in [0.2, 0.25) is 0 Å². The van der Waals surface area contributed by atoms with E-state index >= 15 is 0 Å². The molecule has 1 aliphatic heterocycles. The second-order valence-corrected chi connectivity index (χ2v) is 4.97. The lowest BCUT2D eigenvalue weighted by molar-refractivity contribution is -0.154. The van der Waals surface area contributed by atoms with Gasteiger partial charge in [0.1, 0.15) is 0 Å². The summed E-state index contributed by atoms with van der Waals surface area (Å²) in [6, 6.07) is 0.185. The molecule has 2 heterocycles. The van der Waals surface area contributed by atoms with Crippen molar-refractivity contribution in [2.24, 2.45) is 0 Å². The summed E-state index contributed by atoms with van der Waals surface area (Å²) in [4.78, 5) is 4.01. The topological polar surface area (TPSA) is 38.1 Å². The van der Waals surface area contributed by atoms with Gasteiger partial charge in [-0.15, -0.1) is 0 Å². The Labute approximate surface area is 104 Å². The van der Waals surface area contributed by atoms with E-state index < -0.39 is 11.9 Å². The lowest BCUT2D eigenvalue weighted by Crippen LogP contribution is -2.23. The van der Waals surface area contributed by atoms with E-state index in [2.05, 4.69) is 10.3 Å². The molecule has 1 N–H and O–H groups in total. The molecule has 0 spiro atoms. The molecule has 1 saturated heterocycles. The van der Waals surface area contributed by atoms with Gasteiger partial charge in [-0.2, -0.15) is 13.2 Å². The van der Waals surface area contributed by atoms with E-state index in [0.717, 1.165) is 19.4 Å². The normalized spacial score (nSPS) is 20.9. The maximum Gasteiger partial charge on any atom is 0.451 e. The van der Waals surface area contributed by atoms with Crippen molar-refractivity contribution in [2.45, 2.75) is 51.2 Å². The van der Waals surface area contributed by atoms with Crippen LogP contribution >= 0.6 is 0 Å². The van der Waals surface area contributed by atoms with Gasteiger partial charge >= 0.3 is 6.18 Å². The van der Waals surface area contributed by atoms with Gasteiger partial charge < -0.3 is 9.73 Å². The zero-order chi connectivity index (χ0) is 13.3. The van der Waals surface area contributed by atoms with Gasteiger partial charge in [-0.25, -0.2) is 4.98 Å². The molecule has 0 bridgehead atoms. The van der Waals surface area contributed by atoms with Crippen LogP contribution in [0.4, 0.5) is 13.2 Å². The fourth-order valence-electron chi connectivity index (χ4n) is 2.20. The first kappa shape index (κ1) is 13.4. The Bertz CT molecular complexity index is 406. The Morgan fingerprint density at radius 3 is 2.61 bits per heavy atom. The number of nitrogens with one attached hydrogen (secondary N) is 1. The van der Waals surface area contributed by atoms with Crippen molar-refractivity contribution in [3.63, 3.8) is 0 Å². The second-order valence-electron chi connectivity index (χ2n) is 4.97. The van der Waals surface area contributed by atoms with Crippen LogP contribution in [0, 0.1) is 0 Å². The van der Waals surface area contributed by atoms with Crippen molar-refractivity contribution >= 4 is 0 Å². The van der Waals surface area contributed by atoms with E-state index in [0.29, 0.717) is 6.42 Å². The van der Waals surface area contributed by atoms with Crippen molar-refractivity contribution in [3.8, 4) is 0 Å². The van der Waals surface area contributed by atoms with Crippen molar-refractivity contribution in [1.29, 1.82) is 0 Å².